The van der Waals surface area contributed by atoms with Crippen molar-refractivity contribution in [2.24, 2.45) is 5.73 Å². The van der Waals surface area contributed by atoms with Crippen LogP contribution in [0.3, 0.4) is 0 Å². The summed E-state index contributed by atoms with van der Waals surface area (Å²) < 4.78 is 32.4. The zero-order chi connectivity index (χ0) is 15.6. The molecule has 2 rings (SSSR count). The lowest BCUT2D eigenvalue weighted by molar-refractivity contribution is -0.00277. The van der Waals surface area contributed by atoms with Gasteiger partial charge in [-0.25, -0.2) is 8.42 Å². The number of morpholine rings is 1. The molecule has 0 bridgehead atoms. The lowest BCUT2D eigenvalue weighted by Crippen LogP contribution is -2.45. The molecular formula is C13H18Cl2N2O3S. The first-order valence-electron chi connectivity index (χ1n) is 6.69. The molecule has 1 aromatic rings. The number of nitrogens with two attached hydrogens (primary N) is 1. The first kappa shape index (κ1) is 17.0. The van der Waals surface area contributed by atoms with Gasteiger partial charge in [-0.2, -0.15) is 4.31 Å². The highest BCUT2D eigenvalue weighted by molar-refractivity contribution is 7.89. The third kappa shape index (κ3) is 3.52. The second-order valence-electron chi connectivity index (χ2n) is 4.84. The molecule has 0 radical (unpaired) electrons. The Bertz CT molecular complexity index is 622. The van der Waals surface area contributed by atoms with Crippen LogP contribution in [0.5, 0.6) is 0 Å². The first-order chi connectivity index (χ1) is 9.90. The van der Waals surface area contributed by atoms with Crippen molar-refractivity contribution in [3.05, 3.63) is 27.7 Å². The summed E-state index contributed by atoms with van der Waals surface area (Å²) >= 11 is 12.1. The minimum Gasteiger partial charge on any atom is -0.375 e. The van der Waals surface area contributed by atoms with E-state index in [0.717, 1.165) is 6.42 Å². The molecule has 1 atom stereocenters. The molecule has 5 nitrogen and oxygen atoms in total. The van der Waals surface area contributed by atoms with Crippen LogP contribution in [0.15, 0.2) is 17.0 Å². The van der Waals surface area contributed by atoms with E-state index >= 15 is 0 Å². The van der Waals surface area contributed by atoms with Gasteiger partial charge in [-0.05, 0) is 24.1 Å². The molecule has 1 fully saturated rings. The van der Waals surface area contributed by atoms with E-state index in [0.29, 0.717) is 30.3 Å². The van der Waals surface area contributed by atoms with E-state index < -0.39 is 10.0 Å². The molecule has 118 valence electrons. The van der Waals surface area contributed by atoms with Crippen LogP contribution in [0.2, 0.25) is 10.0 Å². The smallest absolute Gasteiger partial charge is 0.244 e. The van der Waals surface area contributed by atoms with Crippen molar-refractivity contribution in [3.63, 3.8) is 0 Å². The van der Waals surface area contributed by atoms with E-state index in [1.165, 1.54) is 16.4 Å². The van der Waals surface area contributed by atoms with E-state index in [9.17, 15) is 8.42 Å². The molecular weight excluding hydrogens is 335 g/mol. The Hall–Kier alpha value is -0.370. The minimum atomic E-state index is -3.68. The Kier molecular flexibility index (Phi) is 5.51. The van der Waals surface area contributed by atoms with Gasteiger partial charge in [0.15, 0.2) is 0 Å². The molecule has 2 N–H and O–H groups in total. The second-order valence-corrected chi connectivity index (χ2v) is 7.56. The van der Waals surface area contributed by atoms with Gasteiger partial charge in [0.2, 0.25) is 10.0 Å². The Morgan fingerprint density at radius 3 is 2.71 bits per heavy atom. The molecule has 8 heteroatoms. The summed E-state index contributed by atoms with van der Waals surface area (Å²) in [6.45, 7) is 3.14. The number of sulfonamides is 1. The van der Waals surface area contributed by atoms with E-state index in [1.54, 1.807) is 0 Å². The molecule has 1 unspecified atom stereocenters. The predicted molar refractivity (Wildman–Crippen MR) is 83.1 cm³/mol. The SMILES string of the molecule is CCC1CN(S(=O)(=O)c2cc(CN)c(Cl)cc2Cl)CCO1. The summed E-state index contributed by atoms with van der Waals surface area (Å²) in [7, 11) is -3.68. The van der Waals surface area contributed by atoms with E-state index in [-0.39, 0.29) is 22.6 Å². The van der Waals surface area contributed by atoms with Crippen LogP contribution >= 0.6 is 23.2 Å². The van der Waals surface area contributed by atoms with E-state index in [4.69, 9.17) is 33.7 Å². The Balaban J connectivity index is 2.39. The number of halogens is 2. The third-order valence-electron chi connectivity index (χ3n) is 3.50. The van der Waals surface area contributed by atoms with Crippen molar-refractivity contribution in [2.75, 3.05) is 19.7 Å². The summed E-state index contributed by atoms with van der Waals surface area (Å²) in [6, 6.07) is 2.88. The highest BCUT2D eigenvalue weighted by atomic mass is 35.5. The van der Waals surface area contributed by atoms with Crippen molar-refractivity contribution < 1.29 is 13.2 Å². The number of hydrogen-bond acceptors (Lipinski definition) is 4. The Labute approximate surface area is 135 Å². The Morgan fingerprint density at radius 2 is 2.10 bits per heavy atom. The molecule has 1 saturated heterocycles. The third-order valence-corrected chi connectivity index (χ3v) is 6.18. The van der Waals surface area contributed by atoms with Gasteiger partial charge in [0.1, 0.15) is 4.90 Å². The van der Waals surface area contributed by atoms with Crippen LogP contribution < -0.4 is 5.73 Å². The van der Waals surface area contributed by atoms with Gasteiger partial charge in [0.05, 0.1) is 17.7 Å². The van der Waals surface area contributed by atoms with Gasteiger partial charge in [-0.3, -0.25) is 0 Å². The predicted octanol–water partition coefficient (Wildman–Crippen LogP) is 2.25. The van der Waals surface area contributed by atoms with E-state index in [1.807, 2.05) is 6.92 Å². The number of rotatable bonds is 4. The van der Waals surface area contributed by atoms with Gasteiger partial charge >= 0.3 is 0 Å². The van der Waals surface area contributed by atoms with Gasteiger partial charge in [-0.1, -0.05) is 30.1 Å². The molecule has 0 spiro atoms. The summed E-state index contributed by atoms with van der Waals surface area (Å²) in [5.41, 5.74) is 6.13. The standard InChI is InChI=1S/C13H18Cl2N2O3S/c1-2-10-8-17(3-4-20-10)21(18,19)13-5-9(7-16)11(14)6-12(13)15/h5-6,10H,2-4,7-8,16H2,1H3. The molecule has 0 saturated carbocycles. The normalized spacial score (nSPS) is 20.7. The van der Waals surface area contributed by atoms with Crippen LogP contribution in [0.1, 0.15) is 18.9 Å². The maximum atomic E-state index is 12.8. The summed E-state index contributed by atoms with van der Waals surface area (Å²) in [6.07, 6.45) is 0.669. The molecule has 0 aliphatic carbocycles. The van der Waals surface area contributed by atoms with Crippen LogP contribution in [0.4, 0.5) is 0 Å². The van der Waals surface area contributed by atoms with Crippen molar-refractivity contribution in [3.8, 4) is 0 Å². The average molecular weight is 353 g/mol. The lowest BCUT2D eigenvalue weighted by Gasteiger charge is -2.32. The highest BCUT2D eigenvalue weighted by Crippen LogP contribution is 2.31. The van der Waals surface area contributed by atoms with Crippen molar-refractivity contribution in [1.29, 1.82) is 0 Å². The summed E-state index contributed by atoms with van der Waals surface area (Å²) in [5.74, 6) is 0. The highest BCUT2D eigenvalue weighted by Gasteiger charge is 2.32. The Morgan fingerprint density at radius 1 is 1.38 bits per heavy atom. The van der Waals surface area contributed by atoms with Gasteiger partial charge in [0.25, 0.3) is 0 Å². The van der Waals surface area contributed by atoms with Crippen molar-refractivity contribution >= 4 is 33.2 Å². The fourth-order valence-corrected chi connectivity index (χ4v) is 4.53. The first-order valence-corrected chi connectivity index (χ1v) is 8.89. The lowest BCUT2D eigenvalue weighted by atomic mass is 10.2. The zero-order valence-corrected chi connectivity index (χ0v) is 14.0. The monoisotopic (exact) mass is 352 g/mol. The fraction of sp³-hybridized carbons (Fsp3) is 0.538. The number of ether oxygens (including phenoxy) is 1. The van der Waals surface area contributed by atoms with Crippen LogP contribution in [-0.4, -0.2) is 38.5 Å². The number of nitrogens with zero attached hydrogens (tertiary/aromatic N) is 1. The van der Waals surface area contributed by atoms with Crippen molar-refractivity contribution in [1.82, 2.24) is 4.31 Å². The zero-order valence-electron chi connectivity index (χ0n) is 11.7. The average Bonchev–Trinajstić information content (AvgIpc) is 2.47. The summed E-state index contributed by atoms with van der Waals surface area (Å²) in [4.78, 5) is 0.0470. The van der Waals surface area contributed by atoms with E-state index in [2.05, 4.69) is 0 Å². The number of hydrogen-bond donors (Lipinski definition) is 1. The minimum absolute atomic E-state index is 0.0470. The molecule has 1 aromatic carbocycles. The topological polar surface area (TPSA) is 72.6 Å². The van der Waals surface area contributed by atoms with Crippen LogP contribution in [-0.2, 0) is 21.3 Å². The molecule has 1 aliphatic heterocycles. The van der Waals surface area contributed by atoms with Gasteiger partial charge in [-0.15, -0.1) is 0 Å². The fourth-order valence-electron chi connectivity index (χ4n) is 2.22. The second kappa shape index (κ2) is 6.81. The molecule has 1 aliphatic rings. The molecule has 1 heterocycles. The largest absolute Gasteiger partial charge is 0.375 e. The summed E-state index contributed by atoms with van der Waals surface area (Å²) in [5, 5.41) is 0.478. The molecule has 0 aromatic heterocycles. The molecule has 0 amide bonds. The maximum Gasteiger partial charge on any atom is 0.244 e. The molecule has 21 heavy (non-hydrogen) atoms. The van der Waals surface area contributed by atoms with Crippen LogP contribution in [0.25, 0.3) is 0 Å². The quantitative estimate of drug-likeness (QED) is 0.901. The van der Waals surface area contributed by atoms with Crippen molar-refractivity contribution in [2.45, 2.75) is 30.9 Å². The van der Waals surface area contributed by atoms with Gasteiger partial charge < -0.3 is 10.5 Å². The van der Waals surface area contributed by atoms with Gasteiger partial charge in [0, 0.05) is 24.7 Å². The number of benzene rings is 1. The maximum absolute atomic E-state index is 12.8. The van der Waals surface area contributed by atoms with Crippen LogP contribution in [0, 0.1) is 0 Å².